The minimum Gasteiger partial charge on any atom is -0.355 e. The Bertz CT molecular complexity index is 1230. The summed E-state index contributed by atoms with van der Waals surface area (Å²) < 4.78 is 1.94. The maximum Gasteiger partial charge on any atom is 0.251 e. The predicted molar refractivity (Wildman–Crippen MR) is 126 cm³/mol. The maximum absolute atomic E-state index is 12.6. The highest BCUT2D eigenvalue weighted by molar-refractivity contribution is 7.99. The number of carbonyl (C=O) groups excluding carboxylic acids is 2. The Morgan fingerprint density at radius 3 is 2.34 bits per heavy atom. The summed E-state index contributed by atoms with van der Waals surface area (Å²) in [4.78, 5) is 24.4. The zero-order chi connectivity index (χ0) is 22.3. The summed E-state index contributed by atoms with van der Waals surface area (Å²) in [7, 11) is 1.57. The number of nitrogens with one attached hydrogen (secondary N) is 2. The predicted octanol–water partition coefficient (Wildman–Crippen LogP) is 4.02. The van der Waals surface area contributed by atoms with Gasteiger partial charge in [-0.1, -0.05) is 66.4 Å². The lowest BCUT2D eigenvalue weighted by Gasteiger charge is -2.10. The van der Waals surface area contributed by atoms with Gasteiger partial charge in [0, 0.05) is 29.5 Å². The molecule has 2 amide bonds. The second-order valence-corrected chi connectivity index (χ2v) is 7.78. The third kappa shape index (κ3) is 4.87. The highest BCUT2D eigenvalue weighted by atomic mass is 32.2. The molecule has 0 saturated carbocycles. The van der Waals surface area contributed by atoms with Crippen LogP contribution in [0.2, 0.25) is 0 Å². The van der Waals surface area contributed by atoms with Crippen LogP contribution in [-0.2, 0) is 4.79 Å². The van der Waals surface area contributed by atoms with E-state index in [-0.39, 0.29) is 17.6 Å². The van der Waals surface area contributed by atoms with Crippen molar-refractivity contribution in [2.24, 2.45) is 0 Å². The number of amides is 2. The van der Waals surface area contributed by atoms with E-state index in [0.717, 1.165) is 11.3 Å². The number of rotatable bonds is 7. The first kappa shape index (κ1) is 21.3. The Kier molecular flexibility index (Phi) is 6.62. The number of hydrogen-bond acceptors (Lipinski definition) is 5. The van der Waals surface area contributed by atoms with Gasteiger partial charge in [-0.3, -0.25) is 14.2 Å². The number of para-hydroxylation sites is 1. The van der Waals surface area contributed by atoms with Crippen LogP contribution in [0, 0.1) is 0 Å². The molecular weight excluding hydrogens is 422 g/mol. The number of thioether (sulfide) groups is 1. The summed E-state index contributed by atoms with van der Waals surface area (Å²) in [6.07, 6.45) is 0. The molecule has 0 spiro atoms. The fraction of sp³-hybridized carbons (Fsp3) is 0.0833. The zero-order valence-corrected chi connectivity index (χ0v) is 18.2. The van der Waals surface area contributed by atoms with Crippen molar-refractivity contribution in [3.05, 3.63) is 90.5 Å². The van der Waals surface area contributed by atoms with Gasteiger partial charge in [-0.15, -0.1) is 10.2 Å². The van der Waals surface area contributed by atoms with Crippen LogP contribution in [-0.4, -0.2) is 39.4 Å². The molecule has 0 bridgehead atoms. The van der Waals surface area contributed by atoms with Gasteiger partial charge < -0.3 is 10.6 Å². The number of aromatic nitrogens is 3. The minimum atomic E-state index is -0.208. The van der Waals surface area contributed by atoms with Gasteiger partial charge in [0.2, 0.25) is 5.91 Å². The van der Waals surface area contributed by atoms with E-state index in [1.807, 2.05) is 65.2 Å². The molecule has 2 N–H and O–H groups in total. The molecule has 4 aromatic rings. The SMILES string of the molecule is CNC(=O)c1cccc(NC(=O)CSc2nnc(-c3ccccc3)n2-c2ccccc2)c1. The largest absolute Gasteiger partial charge is 0.355 e. The van der Waals surface area contributed by atoms with E-state index in [1.54, 1.807) is 31.3 Å². The first-order chi connectivity index (χ1) is 15.7. The molecule has 0 fully saturated rings. The van der Waals surface area contributed by atoms with Crippen molar-refractivity contribution in [1.29, 1.82) is 0 Å². The van der Waals surface area contributed by atoms with Gasteiger partial charge >= 0.3 is 0 Å². The number of benzene rings is 3. The summed E-state index contributed by atoms with van der Waals surface area (Å²) in [5.74, 6) is 0.440. The first-order valence-corrected chi connectivity index (χ1v) is 11.0. The third-order valence-electron chi connectivity index (χ3n) is 4.65. The first-order valence-electron chi connectivity index (χ1n) is 9.97. The number of anilines is 1. The Hall–Kier alpha value is -3.91. The van der Waals surface area contributed by atoms with E-state index < -0.39 is 0 Å². The highest BCUT2D eigenvalue weighted by Gasteiger charge is 2.17. The van der Waals surface area contributed by atoms with Gasteiger partial charge in [0.1, 0.15) is 0 Å². The van der Waals surface area contributed by atoms with Crippen molar-refractivity contribution in [2.75, 3.05) is 18.1 Å². The van der Waals surface area contributed by atoms with Crippen molar-refractivity contribution in [1.82, 2.24) is 20.1 Å². The fourth-order valence-electron chi connectivity index (χ4n) is 3.16. The van der Waals surface area contributed by atoms with Crippen LogP contribution in [0.1, 0.15) is 10.4 Å². The summed E-state index contributed by atoms with van der Waals surface area (Å²) in [6.45, 7) is 0. The van der Waals surface area contributed by atoms with E-state index in [2.05, 4.69) is 20.8 Å². The Labute approximate surface area is 189 Å². The van der Waals surface area contributed by atoms with Crippen LogP contribution in [0.4, 0.5) is 5.69 Å². The number of nitrogens with zero attached hydrogens (tertiary/aromatic N) is 3. The van der Waals surface area contributed by atoms with Gasteiger partial charge in [0.05, 0.1) is 5.75 Å². The molecule has 0 aliphatic carbocycles. The van der Waals surface area contributed by atoms with Crippen LogP contribution in [0.15, 0.2) is 90.1 Å². The second kappa shape index (κ2) is 9.93. The fourth-order valence-corrected chi connectivity index (χ4v) is 3.91. The Morgan fingerprint density at radius 2 is 1.62 bits per heavy atom. The molecule has 160 valence electrons. The molecule has 0 aliphatic rings. The molecule has 0 atom stereocenters. The average Bonchev–Trinajstić information content (AvgIpc) is 3.27. The molecule has 32 heavy (non-hydrogen) atoms. The third-order valence-corrected chi connectivity index (χ3v) is 5.58. The molecule has 1 heterocycles. The van der Waals surface area contributed by atoms with Crippen molar-refractivity contribution < 1.29 is 9.59 Å². The highest BCUT2D eigenvalue weighted by Crippen LogP contribution is 2.28. The van der Waals surface area contributed by atoms with Crippen LogP contribution in [0.25, 0.3) is 17.1 Å². The molecule has 7 nitrogen and oxygen atoms in total. The molecule has 0 saturated heterocycles. The minimum absolute atomic E-state index is 0.143. The lowest BCUT2D eigenvalue weighted by Crippen LogP contribution is -2.19. The Morgan fingerprint density at radius 1 is 0.906 bits per heavy atom. The van der Waals surface area contributed by atoms with Crippen molar-refractivity contribution in [3.8, 4) is 17.1 Å². The van der Waals surface area contributed by atoms with Crippen LogP contribution in [0.5, 0.6) is 0 Å². The van der Waals surface area contributed by atoms with E-state index in [1.165, 1.54) is 11.8 Å². The van der Waals surface area contributed by atoms with Crippen LogP contribution in [0.3, 0.4) is 0 Å². The number of carbonyl (C=O) groups is 2. The molecular formula is C24H21N5O2S. The van der Waals surface area contributed by atoms with Crippen LogP contribution < -0.4 is 10.6 Å². The normalized spacial score (nSPS) is 10.5. The zero-order valence-electron chi connectivity index (χ0n) is 17.4. The van der Waals surface area contributed by atoms with Gasteiger partial charge in [-0.05, 0) is 30.3 Å². The van der Waals surface area contributed by atoms with Gasteiger partial charge in [-0.25, -0.2) is 0 Å². The molecule has 4 rings (SSSR count). The summed E-state index contributed by atoms with van der Waals surface area (Å²) in [6, 6.07) is 26.4. The lowest BCUT2D eigenvalue weighted by molar-refractivity contribution is -0.113. The maximum atomic E-state index is 12.6. The van der Waals surface area contributed by atoms with Gasteiger partial charge in [-0.2, -0.15) is 0 Å². The van der Waals surface area contributed by atoms with Gasteiger partial charge in [0.15, 0.2) is 11.0 Å². The van der Waals surface area contributed by atoms with Crippen molar-refractivity contribution in [2.45, 2.75) is 5.16 Å². The average molecular weight is 444 g/mol. The summed E-state index contributed by atoms with van der Waals surface area (Å²) in [5.41, 5.74) is 2.89. The summed E-state index contributed by atoms with van der Waals surface area (Å²) in [5, 5.41) is 14.7. The second-order valence-electron chi connectivity index (χ2n) is 6.84. The molecule has 1 aromatic heterocycles. The van der Waals surface area contributed by atoms with E-state index in [9.17, 15) is 9.59 Å². The van der Waals surface area contributed by atoms with Crippen molar-refractivity contribution in [3.63, 3.8) is 0 Å². The van der Waals surface area contributed by atoms with Gasteiger partial charge in [0.25, 0.3) is 5.91 Å². The molecule has 0 unspecified atom stereocenters. The smallest absolute Gasteiger partial charge is 0.251 e. The molecule has 0 aliphatic heterocycles. The lowest BCUT2D eigenvalue weighted by atomic mass is 10.2. The standard InChI is InChI=1S/C24H21N5O2S/c1-25-23(31)18-11-8-12-19(15-18)26-21(30)16-32-24-28-27-22(17-9-4-2-5-10-17)29(24)20-13-6-3-7-14-20/h2-15H,16H2,1H3,(H,25,31)(H,26,30). The summed E-state index contributed by atoms with van der Waals surface area (Å²) >= 11 is 1.30. The van der Waals surface area contributed by atoms with E-state index in [0.29, 0.717) is 22.2 Å². The van der Waals surface area contributed by atoms with Crippen LogP contribution >= 0.6 is 11.8 Å². The molecule has 0 radical (unpaired) electrons. The number of hydrogen-bond donors (Lipinski definition) is 2. The Balaban J connectivity index is 1.53. The van der Waals surface area contributed by atoms with Crippen molar-refractivity contribution >= 4 is 29.3 Å². The van der Waals surface area contributed by atoms with E-state index >= 15 is 0 Å². The van der Waals surface area contributed by atoms with E-state index in [4.69, 9.17) is 0 Å². The monoisotopic (exact) mass is 443 g/mol. The quantitative estimate of drug-likeness (QED) is 0.421. The molecule has 8 heteroatoms. The topological polar surface area (TPSA) is 88.9 Å². The molecule has 3 aromatic carbocycles.